The molecule has 0 unspecified atom stereocenters. The fourth-order valence-corrected chi connectivity index (χ4v) is 4.98. The molecule has 6 nitrogen and oxygen atoms in total. The Morgan fingerprint density at radius 2 is 1.88 bits per heavy atom. The first-order valence-corrected chi connectivity index (χ1v) is 10.3. The van der Waals surface area contributed by atoms with E-state index in [0.717, 1.165) is 77.9 Å². The molecular weight excluding hydrogens is 328 g/mol. The minimum absolute atomic E-state index is 0.191. The molecule has 4 rings (SSSR count). The third-order valence-electron chi connectivity index (χ3n) is 6.54. The first kappa shape index (κ1) is 18.0. The van der Waals surface area contributed by atoms with E-state index < -0.39 is 0 Å². The summed E-state index contributed by atoms with van der Waals surface area (Å²) in [5.41, 5.74) is 0. The number of ether oxygens (including phenoxy) is 1. The zero-order valence-electron chi connectivity index (χ0n) is 16.0. The van der Waals surface area contributed by atoms with Gasteiger partial charge in [-0.15, -0.1) is 0 Å². The van der Waals surface area contributed by atoms with E-state index in [-0.39, 0.29) is 5.92 Å². The molecule has 3 fully saturated rings. The Hall–Kier alpha value is -1.40. The number of carbonyl (C=O) groups excluding carboxylic acids is 1. The summed E-state index contributed by atoms with van der Waals surface area (Å²) in [4.78, 5) is 22.3. The van der Waals surface area contributed by atoms with Crippen molar-refractivity contribution in [2.45, 2.75) is 50.5 Å². The van der Waals surface area contributed by atoms with Crippen molar-refractivity contribution in [2.24, 2.45) is 13.0 Å². The summed E-state index contributed by atoms with van der Waals surface area (Å²) >= 11 is 0. The van der Waals surface area contributed by atoms with Crippen LogP contribution in [0.1, 0.15) is 50.3 Å². The summed E-state index contributed by atoms with van der Waals surface area (Å²) in [5.74, 6) is 2.24. The van der Waals surface area contributed by atoms with Crippen molar-refractivity contribution < 1.29 is 9.53 Å². The summed E-state index contributed by atoms with van der Waals surface area (Å²) in [6.45, 7) is 5.60. The molecule has 3 aliphatic rings. The lowest BCUT2D eigenvalue weighted by molar-refractivity contribution is -0.139. The highest BCUT2D eigenvalue weighted by Crippen LogP contribution is 2.29. The third kappa shape index (κ3) is 3.81. The van der Waals surface area contributed by atoms with Crippen molar-refractivity contribution in [1.82, 2.24) is 19.4 Å². The van der Waals surface area contributed by atoms with Gasteiger partial charge in [0.15, 0.2) is 0 Å². The largest absolute Gasteiger partial charge is 0.381 e. The summed E-state index contributed by atoms with van der Waals surface area (Å²) in [6, 6.07) is 0.619. The maximum Gasteiger partial charge on any atom is 0.226 e. The number of aryl methyl sites for hydroxylation is 1. The van der Waals surface area contributed by atoms with Gasteiger partial charge >= 0.3 is 0 Å². The lowest BCUT2D eigenvalue weighted by Crippen LogP contribution is -2.50. The molecule has 0 aromatic carbocycles. The highest BCUT2D eigenvalue weighted by atomic mass is 16.5. The van der Waals surface area contributed by atoms with E-state index >= 15 is 0 Å². The van der Waals surface area contributed by atoms with Gasteiger partial charge in [-0.05, 0) is 45.1 Å². The van der Waals surface area contributed by atoms with E-state index in [2.05, 4.69) is 26.4 Å². The average Bonchev–Trinajstić information content (AvgIpc) is 3.14. The highest BCUT2D eigenvalue weighted by molar-refractivity contribution is 5.79. The zero-order valence-corrected chi connectivity index (χ0v) is 16.0. The number of hydrogen-bond donors (Lipinski definition) is 0. The van der Waals surface area contributed by atoms with Gasteiger partial charge in [0.1, 0.15) is 5.82 Å². The molecule has 6 heteroatoms. The molecule has 4 heterocycles. The van der Waals surface area contributed by atoms with Gasteiger partial charge < -0.3 is 14.2 Å². The summed E-state index contributed by atoms with van der Waals surface area (Å²) in [7, 11) is 2.06. The minimum atomic E-state index is 0.191. The normalized spacial score (nSPS) is 27.0. The second-order valence-electron chi connectivity index (χ2n) is 8.17. The van der Waals surface area contributed by atoms with Crippen LogP contribution in [0.3, 0.4) is 0 Å². The minimum Gasteiger partial charge on any atom is -0.381 e. The van der Waals surface area contributed by atoms with Gasteiger partial charge in [-0.1, -0.05) is 0 Å². The lowest BCUT2D eigenvalue weighted by atomic mass is 9.91. The van der Waals surface area contributed by atoms with Crippen LogP contribution >= 0.6 is 0 Å². The van der Waals surface area contributed by atoms with Gasteiger partial charge in [0.05, 0.1) is 5.92 Å². The van der Waals surface area contributed by atoms with Gasteiger partial charge in [0.2, 0.25) is 5.91 Å². The Morgan fingerprint density at radius 1 is 1.12 bits per heavy atom. The summed E-state index contributed by atoms with van der Waals surface area (Å²) < 4.78 is 7.62. The van der Waals surface area contributed by atoms with Crippen LogP contribution in [0.25, 0.3) is 0 Å². The molecule has 26 heavy (non-hydrogen) atoms. The van der Waals surface area contributed by atoms with E-state index in [4.69, 9.17) is 4.74 Å². The third-order valence-corrected chi connectivity index (χ3v) is 6.54. The van der Waals surface area contributed by atoms with E-state index in [1.54, 1.807) is 0 Å². The first-order chi connectivity index (χ1) is 12.7. The van der Waals surface area contributed by atoms with Gasteiger partial charge in [-0.2, -0.15) is 0 Å². The average molecular weight is 361 g/mol. The van der Waals surface area contributed by atoms with Crippen LogP contribution in [0.15, 0.2) is 12.4 Å². The van der Waals surface area contributed by atoms with Crippen LogP contribution in [-0.4, -0.2) is 70.7 Å². The molecule has 1 atom stereocenters. The number of amides is 1. The van der Waals surface area contributed by atoms with E-state index in [9.17, 15) is 4.79 Å². The maximum atomic E-state index is 13.1. The Labute approximate surface area is 156 Å². The number of nitrogens with zero attached hydrogens (tertiary/aromatic N) is 4. The molecular formula is C20H32N4O2. The number of carbonyl (C=O) groups is 1. The highest BCUT2D eigenvalue weighted by Gasteiger charge is 2.34. The fourth-order valence-electron chi connectivity index (χ4n) is 4.98. The molecule has 0 spiro atoms. The summed E-state index contributed by atoms with van der Waals surface area (Å²) in [6.07, 6.45) is 10.4. The number of likely N-dealkylation sites (tertiary alicyclic amines) is 2. The number of rotatable bonds is 3. The second kappa shape index (κ2) is 8.09. The van der Waals surface area contributed by atoms with Gasteiger partial charge in [0.25, 0.3) is 0 Å². The SMILES string of the molecule is Cn1ccnc1C1CCN(C(=O)[C@@H]2CCCN(C3CCOCC3)C2)CC1. The lowest BCUT2D eigenvalue weighted by Gasteiger charge is -2.41. The molecule has 0 N–H and O–H groups in total. The monoisotopic (exact) mass is 360 g/mol. The molecule has 3 aliphatic heterocycles. The van der Waals surface area contributed by atoms with E-state index in [1.807, 2.05) is 12.4 Å². The Bertz CT molecular complexity index is 603. The molecule has 0 bridgehead atoms. The van der Waals surface area contributed by atoms with E-state index in [1.165, 1.54) is 5.82 Å². The smallest absolute Gasteiger partial charge is 0.226 e. The van der Waals surface area contributed by atoms with Crippen molar-refractivity contribution in [2.75, 3.05) is 39.4 Å². The van der Waals surface area contributed by atoms with E-state index in [0.29, 0.717) is 17.9 Å². The molecule has 144 valence electrons. The molecule has 3 saturated heterocycles. The van der Waals surface area contributed by atoms with Crippen molar-refractivity contribution in [3.8, 4) is 0 Å². The topological polar surface area (TPSA) is 50.6 Å². The zero-order chi connectivity index (χ0) is 17.9. The predicted octanol–water partition coefficient (Wildman–Crippen LogP) is 2.02. The van der Waals surface area contributed by atoms with Crippen molar-refractivity contribution in [3.05, 3.63) is 18.2 Å². The van der Waals surface area contributed by atoms with Crippen LogP contribution in [0, 0.1) is 5.92 Å². The van der Waals surface area contributed by atoms with Gasteiger partial charge in [-0.3, -0.25) is 9.69 Å². The predicted molar refractivity (Wildman–Crippen MR) is 99.9 cm³/mol. The van der Waals surface area contributed by atoms with Gasteiger partial charge in [0, 0.05) is 64.2 Å². The van der Waals surface area contributed by atoms with Crippen molar-refractivity contribution in [1.29, 1.82) is 0 Å². The second-order valence-corrected chi connectivity index (χ2v) is 8.17. The summed E-state index contributed by atoms with van der Waals surface area (Å²) in [5, 5.41) is 0. The molecule has 0 radical (unpaired) electrons. The molecule has 1 aromatic rings. The Kier molecular flexibility index (Phi) is 5.60. The van der Waals surface area contributed by atoms with Crippen LogP contribution in [0.2, 0.25) is 0 Å². The number of aromatic nitrogens is 2. The molecule has 1 aromatic heterocycles. The van der Waals surface area contributed by atoms with Crippen LogP contribution < -0.4 is 0 Å². The maximum absolute atomic E-state index is 13.1. The van der Waals surface area contributed by atoms with Crippen LogP contribution in [0.4, 0.5) is 0 Å². The number of imidazole rings is 1. The van der Waals surface area contributed by atoms with Gasteiger partial charge in [-0.25, -0.2) is 4.98 Å². The Balaban J connectivity index is 1.31. The van der Waals surface area contributed by atoms with Crippen molar-refractivity contribution in [3.63, 3.8) is 0 Å². The number of piperidine rings is 2. The quantitative estimate of drug-likeness (QED) is 0.827. The number of hydrogen-bond acceptors (Lipinski definition) is 4. The first-order valence-electron chi connectivity index (χ1n) is 10.3. The Morgan fingerprint density at radius 3 is 2.58 bits per heavy atom. The van der Waals surface area contributed by atoms with Crippen LogP contribution in [0.5, 0.6) is 0 Å². The molecule has 1 amide bonds. The van der Waals surface area contributed by atoms with Crippen molar-refractivity contribution >= 4 is 5.91 Å². The molecule has 0 aliphatic carbocycles. The standard InChI is InChI=1S/C20H32N4O2/c1-22-12-8-21-19(22)16-4-10-23(11-5-16)20(25)17-3-2-9-24(15-17)18-6-13-26-14-7-18/h8,12,16-18H,2-7,9-11,13-15H2,1H3/t17-/m1/s1. The molecule has 0 saturated carbocycles. The fraction of sp³-hybridized carbons (Fsp3) is 0.800. The van der Waals surface area contributed by atoms with Crippen LogP contribution in [-0.2, 0) is 16.6 Å².